The molecule has 0 saturated carbocycles. The monoisotopic (exact) mass is 383 g/mol. The van der Waals surface area contributed by atoms with Crippen LogP contribution in [0.25, 0.3) is 11.4 Å². The second kappa shape index (κ2) is 8.34. The lowest BCUT2D eigenvalue weighted by atomic mass is 10.1. The van der Waals surface area contributed by atoms with Crippen LogP contribution in [0, 0.1) is 6.92 Å². The number of aromatic nitrogens is 3. The van der Waals surface area contributed by atoms with Gasteiger partial charge < -0.3 is 0 Å². The number of allylic oxidation sites excluding steroid dienone is 1. The Bertz CT molecular complexity index is 937. The molecule has 3 aromatic rings. The third kappa shape index (κ3) is 4.06. The number of ketones is 1. The molecular formula is C20H18ClN3OS. The van der Waals surface area contributed by atoms with Crippen molar-refractivity contribution in [2.24, 2.45) is 0 Å². The molecule has 0 radical (unpaired) electrons. The van der Waals surface area contributed by atoms with Crippen LogP contribution in [0.2, 0.25) is 5.02 Å². The summed E-state index contributed by atoms with van der Waals surface area (Å²) in [4.78, 5) is 12.3. The van der Waals surface area contributed by atoms with Gasteiger partial charge in [0, 0.05) is 22.7 Å². The zero-order valence-electron chi connectivity index (χ0n) is 14.4. The Morgan fingerprint density at radius 2 is 2.00 bits per heavy atom. The first-order valence-corrected chi connectivity index (χ1v) is 9.48. The number of hydrogen-bond donors (Lipinski definition) is 0. The van der Waals surface area contributed by atoms with Gasteiger partial charge >= 0.3 is 0 Å². The Balaban J connectivity index is 1.84. The van der Waals surface area contributed by atoms with Gasteiger partial charge in [-0.1, -0.05) is 71.9 Å². The van der Waals surface area contributed by atoms with E-state index in [1.165, 1.54) is 11.8 Å². The highest BCUT2D eigenvalue weighted by Crippen LogP contribution is 2.27. The zero-order valence-corrected chi connectivity index (χ0v) is 15.9. The first kappa shape index (κ1) is 18.4. The van der Waals surface area contributed by atoms with E-state index in [0.717, 1.165) is 11.1 Å². The second-order valence-corrected chi connectivity index (χ2v) is 7.10. The van der Waals surface area contributed by atoms with Crippen LogP contribution in [0.4, 0.5) is 0 Å². The quantitative estimate of drug-likeness (QED) is 0.324. The van der Waals surface area contributed by atoms with Crippen LogP contribution in [-0.4, -0.2) is 26.3 Å². The maximum atomic E-state index is 12.3. The predicted molar refractivity (Wildman–Crippen MR) is 107 cm³/mol. The van der Waals surface area contributed by atoms with Crippen molar-refractivity contribution in [2.45, 2.75) is 18.6 Å². The molecule has 1 aromatic heterocycles. The van der Waals surface area contributed by atoms with Crippen molar-refractivity contribution in [1.29, 1.82) is 0 Å². The van der Waals surface area contributed by atoms with Gasteiger partial charge in [0.2, 0.25) is 0 Å². The number of thioether (sulfide) groups is 1. The van der Waals surface area contributed by atoms with E-state index in [9.17, 15) is 4.79 Å². The fraction of sp³-hybridized carbons (Fsp3) is 0.150. The zero-order chi connectivity index (χ0) is 18.5. The molecule has 0 atom stereocenters. The molecule has 0 saturated heterocycles. The molecule has 0 bridgehead atoms. The summed E-state index contributed by atoms with van der Waals surface area (Å²) in [6.45, 7) is 6.31. The third-order valence-electron chi connectivity index (χ3n) is 3.89. The van der Waals surface area contributed by atoms with Crippen molar-refractivity contribution >= 4 is 29.1 Å². The fourth-order valence-corrected chi connectivity index (χ4v) is 3.49. The van der Waals surface area contributed by atoms with Crippen molar-refractivity contribution in [3.05, 3.63) is 77.3 Å². The molecule has 2 aromatic carbocycles. The summed E-state index contributed by atoms with van der Waals surface area (Å²) < 4.78 is 1.94. The highest BCUT2D eigenvalue weighted by atomic mass is 35.5. The van der Waals surface area contributed by atoms with Crippen molar-refractivity contribution in [2.75, 3.05) is 5.75 Å². The Morgan fingerprint density at radius 3 is 2.69 bits per heavy atom. The maximum absolute atomic E-state index is 12.3. The molecule has 26 heavy (non-hydrogen) atoms. The van der Waals surface area contributed by atoms with Gasteiger partial charge in [0.25, 0.3) is 0 Å². The molecule has 0 fully saturated rings. The van der Waals surface area contributed by atoms with Gasteiger partial charge in [-0.25, -0.2) is 0 Å². The Kier molecular flexibility index (Phi) is 5.91. The molecule has 3 rings (SSSR count). The number of carbonyl (C=O) groups is 1. The molecule has 1 heterocycles. The Morgan fingerprint density at radius 1 is 1.23 bits per heavy atom. The first-order valence-electron chi connectivity index (χ1n) is 8.12. The molecule has 0 unspecified atom stereocenters. The van der Waals surface area contributed by atoms with Crippen LogP contribution in [-0.2, 0) is 6.54 Å². The van der Waals surface area contributed by atoms with Gasteiger partial charge in [-0.3, -0.25) is 9.36 Å². The summed E-state index contributed by atoms with van der Waals surface area (Å²) in [7, 11) is 0. The number of nitrogens with zero attached hydrogens (tertiary/aromatic N) is 3. The summed E-state index contributed by atoms with van der Waals surface area (Å²) in [5.74, 6) is 1.07. The lowest BCUT2D eigenvalue weighted by molar-refractivity contribution is 0.102. The summed E-state index contributed by atoms with van der Waals surface area (Å²) in [5.41, 5.74) is 2.59. The van der Waals surface area contributed by atoms with E-state index in [-0.39, 0.29) is 5.78 Å². The van der Waals surface area contributed by atoms with Crippen molar-refractivity contribution in [3.63, 3.8) is 0 Å². The summed E-state index contributed by atoms with van der Waals surface area (Å²) in [5, 5.41) is 9.93. The maximum Gasteiger partial charge on any atom is 0.192 e. The van der Waals surface area contributed by atoms with E-state index in [1.54, 1.807) is 6.08 Å². The highest BCUT2D eigenvalue weighted by molar-refractivity contribution is 7.99. The smallest absolute Gasteiger partial charge is 0.192 e. The normalized spacial score (nSPS) is 10.7. The number of hydrogen-bond acceptors (Lipinski definition) is 4. The Hall–Kier alpha value is -2.37. The van der Waals surface area contributed by atoms with Crippen LogP contribution in [0.1, 0.15) is 15.9 Å². The summed E-state index contributed by atoms with van der Waals surface area (Å²) in [6, 6.07) is 15.0. The van der Waals surface area contributed by atoms with Crippen LogP contribution < -0.4 is 0 Å². The van der Waals surface area contributed by atoms with Crippen molar-refractivity contribution < 1.29 is 4.79 Å². The number of aryl methyl sites for hydroxylation is 1. The lowest BCUT2D eigenvalue weighted by Gasteiger charge is -2.08. The van der Waals surface area contributed by atoms with Crippen LogP contribution in [0.15, 0.2) is 66.3 Å². The van der Waals surface area contributed by atoms with Gasteiger partial charge in [-0.05, 0) is 18.6 Å². The molecule has 0 amide bonds. The minimum Gasteiger partial charge on any atom is -0.298 e. The number of Topliss-reactive ketones (excluding diaryl/α,β-unsaturated/α-hetero) is 1. The third-order valence-corrected chi connectivity index (χ3v) is 5.26. The molecule has 0 aliphatic carbocycles. The van der Waals surface area contributed by atoms with E-state index < -0.39 is 0 Å². The van der Waals surface area contributed by atoms with Gasteiger partial charge in [-0.2, -0.15) is 0 Å². The molecule has 4 nitrogen and oxygen atoms in total. The van der Waals surface area contributed by atoms with Gasteiger partial charge in [0.1, 0.15) is 0 Å². The summed E-state index contributed by atoms with van der Waals surface area (Å²) in [6.07, 6.45) is 1.78. The fourth-order valence-electron chi connectivity index (χ4n) is 2.47. The van der Waals surface area contributed by atoms with Gasteiger partial charge in [0.15, 0.2) is 16.8 Å². The van der Waals surface area contributed by atoms with Gasteiger partial charge in [-0.15, -0.1) is 16.8 Å². The van der Waals surface area contributed by atoms with E-state index in [4.69, 9.17) is 11.6 Å². The largest absolute Gasteiger partial charge is 0.298 e. The number of benzene rings is 2. The molecule has 0 aliphatic heterocycles. The Labute approximate surface area is 161 Å². The molecular weight excluding hydrogens is 366 g/mol. The first-order chi connectivity index (χ1) is 12.6. The summed E-state index contributed by atoms with van der Waals surface area (Å²) >= 11 is 7.61. The van der Waals surface area contributed by atoms with E-state index in [2.05, 4.69) is 16.8 Å². The van der Waals surface area contributed by atoms with E-state index in [1.807, 2.05) is 60.0 Å². The number of halogens is 1. The topological polar surface area (TPSA) is 47.8 Å². The predicted octanol–water partition coefficient (Wildman–Crippen LogP) is 5.07. The molecule has 0 aliphatic rings. The average molecular weight is 384 g/mol. The second-order valence-electron chi connectivity index (χ2n) is 5.75. The SMILES string of the molecule is C=CCn1c(SCC(=O)c2ccccc2)nnc1-c1ccc(C)c(Cl)c1. The minimum atomic E-state index is 0.0590. The molecule has 132 valence electrons. The van der Waals surface area contributed by atoms with E-state index >= 15 is 0 Å². The minimum absolute atomic E-state index is 0.0590. The van der Waals surface area contributed by atoms with Crippen molar-refractivity contribution in [3.8, 4) is 11.4 Å². The van der Waals surface area contributed by atoms with E-state index in [0.29, 0.717) is 33.9 Å². The average Bonchev–Trinajstić information content (AvgIpc) is 3.06. The number of carbonyl (C=O) groups excluding carboxylic acids is 1. The lowest BCUT2D eigenvalue weighted by Crippen LogP contribution is -2.05. The van der Waals surface area contributed by atoms with Gasteiger partial charge in [0.05, 0.1) is 5.75 Å². The standard InChI is InChI=1S/C20H18ClN3OS/c1-3-11-24-19(16-10-9-14(2)17(21)12-16)22-23-20(24)26-13-18(25)15-7-5-4-6-8-15/h3-10,12H,1,11,13H2,2H3. The molecule has 0 N–H and O–H groups in total. The van der Waals surface area contributed by atoms with Crippen LogP contribution in [0.3, 0.4) is 0 Å². The molecule has 6 heteroatoms. The molecule has 0 spiro atoms. The highest BCUT2D eigenvalue weighted by Gasteiger charge is 2.16. The van der Waals surface area contributed by atoms with Crippen LogP contribution >= 0.6 is 23.4 Å². The number of rotatable bonds is 7. The van der Waals surface area contributed by atoms with Crippen molar-refractivity contribution in [1.82, 2.24) is 14.8 Å². The van der Waals surface area contributed by atoms with Crippen LogP contribution in [0.5, 0.6) is 0 Å².